The van der Waals surface area contributed by atoms with Crippen LogP contribution in [0.5, 0.6) is 5.75 Å². The maximum absolute atomic E-state index is 12.9. The van der Waals surface area contributed by atoms with Crippen molar-refractivity contribution in [2.45, 2.75) is 58.5 Å². The third kappa shape index (κ3) is 4.34. The molecular formula is C28H30N2O3S. The van der Waals surface area contributed by atoms with E-state index in [1.54, 1.807) is 35.6 Å². The number of carbonyl (C=O) groups is 2. The molecule has 1 aliphatic carbocycles. The Morgan fingerprint density at radius 3 is 2.41 bits per heavy atom. The zero-order chi connectivity index (χ0) is 24.0. The van der Waals surface area contributed by atoms with Crippen LogP contribution in [0, 0.1) is 5.92 Å². The molecule has 176 valence electrons. The molecule has 2 aromatic carbocycles. The molecule has 0 radical (unpaired) electrons. The van der Waals surface area contributed by atoms with Gasteiger partial charge in [-0.05, 0) is 71.6 Å². The van der Waals surface area contributed by atoms with Gasteiger partial charge in [-0.1, -0.05) is 52.0 Å². The van der Waals surface area contributed by atoms with Gasteiger partial charge in [-0.25, -0.2) is 4.79 Å². The molecule has 2 aliphatic rings. The highest BCUT2D eigenvalue weighted by atomic mass is 32.1. The normalized spacial score (nSPS) is 19.5. The monoisotopic (exact) mass is 474 g/mol. The Balaban J connectivity index is 1.27. The van der Waals surface area contributed by atoms with Crippen molar-refractivity contribution < 1.29 is 14.3 Å². The number of hydrogen-bond donors (Lipinski definition) is 2. The van der Waals surface area contributed by atoms with Crippen molar-refractivity contribution in [2.24, 2.45) is 5.92 Å². The highest BCUT2D eigenvalue weighted by Gasteiger charge is 2.33. The van der Waals surface area contributed by atoms with Crippen LogP contribution in [0.15, 0.2) is 48.5 Å². The topological polar surface area (TPSA) is 67.4 Å². The summed E-state index contributed by atoms with van der Waals surface area (Å²) in [4.78, 5) is 26.8. The van der Waals surface area contributed by atoms with Crippen LogP contribution in [0.3, 0.4) is 0 Å². The molecule has 0 unspecified atom stereocenters. The summed E-state index contributed by atoms with van der Waals surface area (Å²) in [5.41, 5.74) is 4.67. The van der Waals surface area contributed by atoms with Crippen LogP contribution in [-0.2, 0) is 18.3 Å². The second-order valence-electron chi connectivity index (χ2n) is 10.4. The van der Waals surface area contributed by atoms with Crippen LogP contribution >= 0.6 is 11.3 Å². The number of thiophene rings is 1. The minimum Gasteiger partial charge on any atom is -0.423 e. The lowest BCUT2D eigenvalue weighted by atomic mass is 9.87. The van der Waals surface area contributed by atoms with Crippen LogP contribution in [0.4, 0.5) is 5.00 Å². The summed E-state index contributed by atoms with van der Waals surface area (Å²) in [6, 6.07) is 14.8. The van der Waals surface area contributed by atoms with Crippen LogP contribution in [0.1, 0.15) is 82.6 Å². The average molecular weight is 475 g/mol. The van der Waals surface area contributed by atoms with Crippen molar-refractivity contribution in [1.82, 2.24) is 5.32 Å². The minimum atomic E-state index is -0.389. The van der Waals surface area contributed by atoms with Gasteiger partial charge in [0, 0.05) is 4.88 Å². The van der Waals surface area contributed by atoms with Gasteiger partial charge in [0.05, 0.1) is 11.1 Å². The van der Waals surface area contributed by atoms with E-state index in [1.807, 2.05) is 24.3 Å². The van der Waals surface area contributed by atoms with E-state index in [2.05, 4.69) is 38.3 Å². The number of nitrogens with one attached hydrogen (secondary N) is 2. The van der Waals surface area contributed by atoms with E-state index < -0.39 is 0 Å². The van der Waals surface area contributed by atoms with Crippen molar-refractivity contribution in [3.63, 3.8) is 0 Å². The third-order valence-electron chi connectivity index (χ3n) is 6.70. The molecule has 2 atom stereocenters. The van der Waals surface area contributed by atoms with Gasteiger partial charge in [0.15, 0.2) is 0 Å². The zero-order valence-electron chi connectivity index (χ0n) is 20.0. The van der Waals surface area contributed by atoms with Gasteiger partial charge in [-0.2, -0.15) is 0 Å². The molecule has 0 saturated heterocycles. The first-order chi connectivity index (χ1) is 16.2. The van der Waals surface area contributed by atoms with E-state index in [-0.39, 0.29) is 23.5 Å². The number of carbonyl (C=O) groups excluding carboxylic acids is 2. The molecule has 0 spiro atoms. The zero-order valence-corrected chi connectivity index (χ0v) is 20.8. The molecule has 3 aromatic rings. The lowest BCUT2D eigenvalue weighted by Gasteiger charge is -2.27. The molecule has 1 aromatic heterocycles. The second-order valence-corrected chi connectivity index (χ2v) is 11.5. The number of ether oxygens (including phenoxy) is 1. The average Bonchev–Trinajstić information content (AvgIpc) is 3.17. The first-order valence-electron chi connectivity index (χ1n) is 11.8. The molecule has 2 heterocycles. The summed E-state index contributed by atoms with van der Waals surface area (Å²) in [6.07, 6.45) is 2.84. The second kappa shape index (κ2) is 8.58. The van der Waals surface area contributed by atoms with Crippen LogP contribution < -0.4 is 15.4 Å². The minimum absolute atomic E-state index is 0.0139. The molecule has 34 heavy (non-hydrogen) atoms. The van der Waals surface area contributed by atoms with Crippen LogP contribution in [0.2, 0.25) is 0 Å². The van der Waals surface area contributed by atoms with Crippen LogP contribution in [-0.4, -0.2) is 11.9 Å². The molecule has 0 bridgehead atoms. The van der Waals surface area contributed by atoms with Gasteiger partial charge in [0.25, 0.3) is 5.91 Å². The van der Waals surface area contributed by atoms with E-state index in [9.17, 15) is 9.59 Å². The number of rotatable bonds is 3. The Hall–Kier alpha value is -3.12. The summed E-state index contributed by atoms with van der Waals surface area (Å²) in [7, 11) is 0. The fraction of sp³-hybridized carbons (Fsp3) is 0.357. The van der Waals surface area contributed by atoms with Crippen LogP contribution in [0.25, 0.3) is 0 Å². The SMILES string of the molecule is C[C@@H]1CCc2c(sc3c2C(=O)N[C@@H](c2ccc(OC(=O)c4ccc(C(C)(C)C)cc4)cc2)N3)C1. The van der Waals surface area contributed by atoms with Gasteiger partial charge < -0.3 is 15.4 Å². The van der Waals surface area contributed by atoms with Crippen molar-refractivity contribution in [3.8, 4) is 5.75 Å². The summed E-state index contributed by atoms with van der Waals surface area (Å²) in [5.74, 6) is 0.732. The van der Waals surface area contributed by atoms with E-state index >= 15 is 0 Å². The van der Waals surface area contributed by atoms with E-state index in [4.69, 9.17) is 4.74 Å². The highest BCUT2D eigenvalue weighted by molar-refractivity contribution is 7.16. The number of amides is 1. The van der Waals surface area contributed by atoms with Gasteiger partial charge in [0.1, 0.15) is 16.9 Å². The largest absolute Gasteiger partial charge is 0.423 e. The number of hydrogen-bond acceptors (Lipinski definition) is 5. The Bertz CT molecular complexity index is 1240. The fourth-order valence-electron chi connectivity index (χ4n) is 4.63. The van der Waals surface area contributed by atoms with E-state index in [0.29, 0.717) is 17.2 Å². The molecule has 1 aliphatic heterocycles. The summed E-state index contributed by atoms with van der Waals surface area (Å²) in [6.45, 7) is 8.69. The highest BCUT2D eigenvalue weighted by Crippen LogP contribution is 2.42. The Labute approximate surface area is 204 Å². The third-order valence-corrected chi connectivity index (χ3v) is 7.89. The Morgan fingerprint density at radius 1 is 1.03 bits per heavy atom. The predicted molar refractivity (Wildman–Crippen MR) is 136 cm³/mol. The molecule has 0 saturated carbocycles. The maximum Gasteiger partial charge on any atom is 0.343 e. The first-order valence-corrected chi connectivity index (χ1v) is 12.7. The number of fused-ring (bicyclic) bond motifs is 3. The summed E-state index contributed by atoms with van der Waals surface area (Å²) >= 11 is 1.71. The summed E-state index contributed by atoms with van der Waals surface area (Å²) in [5, 5.41) is 7.55. The molecular weight excluding hydrogens is 444 g/mol. The standard InChI is InChI=1S/C28H30N2O3S/c1-16-5-14-21-22(15-16)34-26-23(21)25(31)29-24(30-26)17-8-12-20(13-9-17)33-27(32)18-6-10-19(11-7-18)28(2,3)4/h6-13,16,24,30H,5,14-15H2,1-4H3,(H,29,31)/t16-,24-/m1/s1. The fourth-order valence-corrected chi connectivity index (χ4v) is 6.07. The maximum atomic E-state index is 12.9. The lowest BCUT2D eigenvalue weighted by Crippen LogP contribution is -2.38. The number of anilines is 1. The molecule has 2 N–H and O–H groups in total. The van der Waals surface area contributed by atoms with Gasteiger partial charge >= 0.3 is 5.97 Å². The number of benzene rings is 2. The number of esters is 1. The van der Waals surface area contributed by atoms with Gasteiger partial charge in [-0.3, -0.25) is 4.79 Å². The molecule has 5 rings (SSSR count). The Kier molecular flexibility index (Phi) is 5.72. The van der Waals surface area contributed by atoms with Crippen molar-refractivity contribution in [1.29, 1.82) is 0 Å². The summed E-state index contributed by atoms with van der Waals surface area (Å²) < 4.78 is 5.57. The molecule has 6 heteroatoms. The predicted octanol–water partition coefficient (Wildman–Crippen LogP) is 6.24. The first kappa shape index (κ1) is 22.7. The molecule has 5 nitrogen and oxygen atoms in total. The molecule has 0 fully saturated rings. The van der Waals surface area contributed by atoms with Gasteiger partial charge in [-0.15, -0.1) is 11.3 Å². The smallest absolute Gasteiger partial charge is 0.343 e. The van der Waals surface area contributed by atoms with Crippen molar-refractivity contribution in [3.05, 3.63) is 81.2 Å². The van der Waals surface area contributed by atoms with Gasteiger partial charge in [0.2, 0.25) is 0 Å². The van der Waals surface area contributed by atoms with E-state index in [0.717, 1.165) is 35.4 Å². The Morgan fingerprint density at radius 2 is 1.74 bits per heavy atom. The quantitative estimate of drug-likeness (QED) is 0.348. The lowest BCUT2D eigenvalue weighted by molar-refractivity contribution is 0.0734. The van der Waals surface area contributed by atoms with Crippen molar-refractivity contribution >= 4 is 28.2 Å². The van der Waals surface area contributed by atoms with Crippen molar-refractivity contribution in [2.75, 3.05) is 5.32 Å². The van der Waals surface area contributed by atoms with E-state index in [1.165, 1.54) is 16.0 Å². The molecule has 1 amide bonds.